The highest BCUT2D eigenvalue weighted by Crippen LogP contribution is 2.45. The molecule has 0 amide bonds. The van der Waals surface area contributed by atoms with Crippen LogP contribution in [0.3, 0.4) is 0 Å². The molecule has 0 saturated carbocycles. The second-order valence-corrected chi connectivity index (χ2v) is 11.8. The van der Waals surface area contributed by atoms with Crippen molar-refractivity contribution in [2.24, 2.45) is 0 Å². The molecule has 0 radical (unpaired) electrons. The van der Waals surface area contributed by atoms with Gasteiger partial charge in [-0.25, -0.2) is 0 Å². The second kappa shape index (κ2) is 11.0. The fraction of sp³-hybridized carbons (Fsp3) is 0. The quantitative estimate of drug-likeness (QED) is 0.188. The van der Waals surface area contributed by atoms with Crippen molar-refractivity contribution >= 4 is 71.7 Å². The first kappa shape index (κ1) is 20.6. The Labute approximate surface area is 294 Å². The van der Waals surface area contributed by atoms with Gasteiger partial charge in [0.05, 0.1) is 22.0 Å². The molecule has 8 aromatic carbocycles. The minimum Gasteiger partial charge on any atom is -0.456 e. The summed E-state index contributed by atoms with van der Waals surface area (Å²) in [7, 11) is 0. The fourth-order valence-electron chi connectivity index (χ4n) is 6.80. The summed E-state index contributed by atoms with van der Waals surface area (Å²) in [6.07, 6.45) is 0. The maximum absolute atomic E-state index is 9.70. The number of hydrogen-bond donors (Lipinski definition) is 0. The lowest BCUT2D eigenvalue weighted by Crippen LogP contribution is -2.10. The molecule has 0 saturated heterocycles. The Bertz CT molecular complexity index is 3270. The summed E-state index contributed by atoms with van der Waals surface area (Å²) in [5.74, 6) is 0. The number of rotatable bonds is 5. The van der Waals surface area contributed by atoms with E-state index in [0.717, 1.165) is 16.2 Å². The monoisotopic (exact) mass is 635 g/mol. The largest absolute Gasteiger partial charge is 0.456 e. The molecule has 2 aromatic heterocycles. The molecule has 230 valence electrons. The second-order valence-electron chi connectivity index (χ2n) is 11.8. The number of benzene rings is 8. The van der Waals surface area contributed by atoms with Crippen LogP contribution in [0.4, 0.5) is 17.1 Å². The van der Waals surface area contributed by atoms with E-state index in [2.05, 4.69) is 0 Å². The predicted octanol–water partition coefficient (Wildman–Crippen LogP) is 13.4. The molecule has 49 heavy (non-hydrogen) atoms. The zero-order chi connectivity index (χ0) is 39.3. The first-order chi connectivity index (χ1) is 27.7. The molecule has 0 aliphatic carbocycles. The number of hydrogen-bond acceptors (Lipinski definition) is 3. The van der Waals surface area contributed by atoms with Crippen LogP contribution >= 0.6 is 0 Å². The van der Waals surface area contributed by atoms with Gasteiger partial charge in [-0.3, -0.25) is 0 Å². The molecule has 0 spiro atoms. The summed E-state index contributed by atoms with van der Waals surface area (Å²) >= 11 is 0. The van der Waals surface area contributed by atoms with Gasteiger partial charge < -0.3 is 13.7 Å². The normalized spacial score (nSPS) is 14.0. The van der Waals surface area contributed by atoms with Crippen LogP contribution in [0, 0.1) is 0 Å². The van der Waals surface area contributed by atoms with Gasteiger partial charge >= 0.3 is 0 Å². The zero-order valence-corrected chi connectivity index (χ0v) is 25.9. The van der Waals surface area contributed by atoms with Crippen molar-refractivity contribution in [2.75, 3.05) is 4.90 Å². The van der Waals surface area contributed by atoms with Gasteiger partial charge in [-0.15, -0.1) is 0 Å². The van der Waals surface area contributed by atoms with E-state index in [-0.39, 0.29) is 46.7 Å². The smallest absolute Gasteiger partial charge is 0.143 e. The van der Waals surface area contributed by atoms with Gasteiger partial charge in [-0.2, -0.15) is 0 Å². The Hall–Kier alpha value is -6.58. The van der Waals surface area contributed by atoms with E-state index >= 15 is 0 Å². The first-order valence-electron chi connectivity index (χ1n) is 20.0. The van der Waals surface area contributed by atoms with E-state index in [1.807, 2.05) is 60.7 Å². The van der Waals surface area contributed by atoms with Gasteiger partial charge in [0.2, 0.25) is 0 Å². The van der Waals surface area contributed by atoms with Crippen molar-refractivity contribution in [2.45, 2.75) is 0 Å². The summed E-state index contributed by atoms with van der Waals surface area (Å²) in [5.41, 5.74) is 3.23. The predicted molar refractivity (Wildman–Crippen MR) is 204 cm³/mol. The molecule has 0 N–H and O–H groups in total. The molecule has 10 aromatic rings. The molecule has 10 rings (SSSR count). The van der Waals surface area contributed by atoms with Crippen LogP contribution in [0.5, 0.6) is 0 Å². The molecular formula is C46H29NO2. The molecule has 3 heteroatoms. The first-order valence-corrected chi connectivity index (χ1v) is 16.0. The van der Waals surface area contributed by atoms with Crippen LogP contribution in [-0.4, -0.2) is 0 Å². The Balaban J connectivity index is 1.33. The van der Waals surface area contributed by atoms with Crippen LogP contribution in [0.25, 0.3) is 76.9 Å². The standard InChI is InChI=1S/C46H29NO2/c1-2-11-30(12-3-1)33-14-8-15-35(29-33)47(40-19-10-22-43-45(40)39-28-25-31-13-4-5-16-37(31)46(39)49-43)34-26-23-32(24-27-34)36-18-9-21-42-44(36)38-17-6-7-20-41(38)48-42/h1-29H/i8D,14D,15D,23D,24D,26D,27D,29D. The number of nitrogens with zero attached hydrogens (tertiary/aromatic N) is 1. The number of anilines is 3. The minimum absolute atomic E-state index is 0.0640. The molecule has 0 unspecified atom stereocenters. The SMILES string of the molecule is [2H]c1c([2H])c(-c2ccccc2)c([2H])c(N(c2c([2H])c([2H])c(-c3cccc4oc5ccccc5c34)c([2H])c2[2H])c2cccc3oc4c5ccccc5ccc4c23)c1[2H]. The number of para-hydroxylation sites is 1. The van der Waals surface area contributed by atoms with E-state index in [0.29, 0.717) is 55.3 Å². The van der Waals surface area contributed by atoms with Crippen molar-refractivity contribution in [3.8, 4) is 22.3 Å². The van der Waals surface area contributed by atoms with E-state index in [9.17, 15) is 8.22 Å². The van der Waals surface area contributed by atoms with Crippen LogP contribution < -0.4 is 4.90 Å². The van der Waals surface area contributed by atoms with Crippen molar-refractivity contribution < 1.29 is 19.8 Å². The Kier molecular flexibility index (Phi) is 4.63. The molecular weight excluding hydrogens is 599 g/mol. The Morgan fingerprint density at radius 2 is 1.18 bits per heavy atom. The summed E-state index contributed by atoms with van der Waals surface area (Å²) in [6, 6.07) is 35.4. The summed E-state index contributed by atoms with van der Waals surface area (Å²) < 4.78 is 88.1. The van der Waals surface area contributed by atoms with Crippen molar-refractivity contribution in [3.63, 3.8) is 0 Å². The molecule has 3 nitrogen and oxygen atoms in total. The van der Waals surface area contributed by atoms with E-state index in [1.165, 1.54) is 4.90 Å². The molecule has 2 heterocycles. The summed E-state index contributed by atoms with van der Waals surface area (Å²) in [5, 5.41) is 4.48. The maximum Gasteiger partial charge on any atom is 0.143 e. The van der Waals surface area contributed by atoms with E-state index in [4.69, 9.17) is 11.6 Å². The lowest BCUT2D eigenvalue weighted by Gasteiger charge is -2.27. The van der Waals surface area contributed by atoms with Crippen LogP contribution in [0.2, 0.25) is 0 Å². The van der Waals surface area contributed by atoms with Gasteiger partial charge in [-0.05, 0) is 82.1 Å². The Morgan fingerprint density at radius 1 is 0.449 bits per heavy atom. The van der Waals surface area contributed by atoms with Gasteiger partial charge in [-0.1, -0.05) is 121 Å². The van der Waals surface area contributed by atoms with Crippen LogP contribution in [0.1, 0.15) is 11.0 Å². The lowest BCUT2D eigenvalue weighted by atomic mass is 9.98. The fourth-order valence-corrected chi connectivity index (χ4v) is 6.80. The summed E-state index contributed by atoms with van der Waals surface area (Å²) in [4.78, 5) is 1.39. The van der Waals surface area contributed by atoms with Crippen molar-refractivity contribution in [1.29, 1.82) is 0 Å². The van der Waals surface area contributed by atoms with Crippen LogP contribution in [0.15, 0.2) is 185 Å². The molecule has 0 fully saturated rings. The lowest BCUT2D eigenvalue weighted by molar-refractivity contribution is 0.669. The topological polar surface area (TPSA) is 29.5 Å². The maximum atomic E-state index is 9.70. The highest BCUT2D eigenvalue weighted by molar-refractivity contribution is 6.19. The average Bonchev–Trinajstić information content (AvgIpc) is 3.82. The third-order valence-electron chi connectivity index (χ3n) is 9.01. The third kappa shape index (κ3) is 4.44. The van der Waals surface area contributed by atoms with Gasteiger partial charge in [0, 0.05) is 32.9 Å². The Morgan fingerprint density at radius 3 is 2.06 bits per heavy atom. The highest BCUT2D eigenvalue weighted by atomic mass is 16.3. The molecule has 0 atom stereocenters. The average molecular weight is 636 g/mol. The summed E-state index contributed by atoms with van der Waals surface area (Å²) in [6.45, 7) is 0. The molecule has 0 aliphatic rings. The minimum atomic E-state index is -0.476. The number of fused-ring (bicyclic) bond motifs is 8. The number of furan rings is 2. The molecule has 0 bridgehead atoms. The van der Waals surface area contributed by atoms with Gasteiger partial charge in [0.1, 0.15) is 22.3 Å². The van der Waals surface area contributed by atoms with Gasteiger partial charge in [0.15, 0.2) is 0 Å². The highest BCUT2D eigenvalue weighted by Gasteiger charge is 2.21. The van der Waals surface area contributed by atoms with E-state index in [1.54, 1.807) is 66.7 Å². The third-order valence-corrected chi connectivity index (χ3v) is 9.01. The van der Waals surface area contributed by atoms with Crippen LogP contribution in [-0.2, 0) is 0 Å². The van der Waals surface area contributed by atoms with Crippen molar-refractivity contribution in [3.05, 3.63) is 176 Å². The van der Waals surface area contributed by atoms with Crippen molar-refractivity contribution in [1.82, 2.24) is 0 Å². The molecule has 0 aliphatic heterocycles. The van der Waals surface area contributed by atoms with E-state index < -0.39 is 24.2 Å². The van der Waals surface area contributed by atoms with Gasteiger partial charge in [0.25, 0.3) is 0 Å². The zero-order valence-electron chi connectivity index (χ0n) is 33.9.